The second-order valence-corrected chi connectivity index (χ2v) is 5.81. The van der Waals surface area contributed by atoms with Crippen LogP contribution in [0.4, 0.5) is 5.82 Å². The molecule has 8 nitrogen and oxygen atoms in total. The number of hydrogen-bond donors (Lipinski definition) is 2. The summed E-state index contributed by atoms with van der Waals surface area (Å²) in [7, 11) is 0. The molecule has 0 spiro atoms. The fraction of sp³-hybridized carbons (Fsp3) is 0.250. The van der Waals surface area contributed by atoms with Crippen molar-refractivity contribution in [1.82, 2.24) is 19.6 Å². The third-order valence-electron chi connectivity index (χ3n) is 4.33. The predicted molar refractivity (Wildman–Crippen MR) is 87.4 cm³/mol. The van der Waals surface area contributed by atoms with Gasteiger partial charge in [-0.15, -0.1) is 5.10 Å². The Morgan fingerprint density at radius 1 is 1.29 bits per heavy atom. The van der Waals surface area contributed by atoms with Crippen LogP contribution in [-0.4, -0.2) is 43.7 Å². The average Bonchev–Trinajstić information content (AvgIpc) is 3.22. The zero-order valence-electron chi connectivity index (χ0n) is 12.8. The van der Waals surface area contributed by atoms with Crippen molar-refractivity contribution in [2.75, 3.05) is 18.0 Å². The summed E-state index contributed by atoms with van der Waals surface area (Å²) >= 11 is 0. The van der Waals surface area contributed by atoms with Gasteiger partial charge in [0, 0.05) is 19.3 Å². The number of carbonyl (C=O) groups excluding carboxylic acids is 1. The predicted octanol–water partition coefficient (Wildman–Crippen LogP) is 0.808. The fourth-order valence-electron chi connectivity index (χ4n) is 3.01. The Morgan fingerprint density at radius 3 is 2.92 bits per heavy atom. The molecule has 122 valence electrons. The van der Waals surface area contributed by atoms with Crippen LogP contribution in [0.25, 0.3) is 16.9 Å². The molecule has 1 atom stereocenters. The van der Waals surface area contributed by atoms with Crippen LogP contribution in [0.1, 0.15) is 6.42 Å². The summed E-state index contributed by atoms with van der Waals surface area (Å²) in [5.74, 6) is 0.254. The molecule has 4 rings (SSSR count). The van der Waals surface area contributed by atoms with E-state index >= 15 is 0 Å². The highest BCUT2D eigenvalue weighted by Crippen LogP contribution is 2.28. The number of fused-ring (bicyclic) bond motifs is 1. The number of nitrogens with two attached hydrogens (primary N) is 1. The van der Waals surface area contributed by atoms with E-state index in [4.69, 9.17) is 5.73 Å². The Labute approximate surface area is 137 Å². The number of amides is 1. The molecule has 0 radical (unpaired) electrons. The van der Waals surface area contributed by atoms with Crippen LogP contribution in [-0.2, 0) is 4.79 Å². The lowest BCUT2D eigenvalue weighted by Crippen LogP contribution is -2.27. The Hall–Kier alpha value is -3.16. The second-order valence-electron chi connectivity index (χ2n) is 5.81. The summed E-state index contributed by atoms with van der Waals surface area (Å²) < 4.78 is 1.67. The Bertz CT molecular complexity index is 922. The third kappa shape index (κ3) is 2.32. The van der Waals surface area contributed by atoms with Crippen molar-refractivity contribution in [1.29, 1.82) is 0 Å². The number of imidazole rings is 1. The molecule has 1 fully saturated rings. The highest BCUT2D eigenvalue weighted by Gasteiger charge is 2.27. The van der Waals surface area contributed by atoms with Crippen molar-refractivity contribution >= 4 is 17.4 Å². The first kappa shape index (κ1) is 14.4. The summed E-state index contributed by atoms with van der Waals surface area (Å²) in [6.45, 7) is 1.30. The van der Waals surface area contributed by atoms with E-state index in [1.165, 1.54) is 6.20 Å². The first-order valence-electron chi connectivity index (χ1n) is 7.67. The number of primary amides is 1. The molecule has 1 amide bonds. The van der Waals surface area contributed by atoms with Gasteiger partial charge in [-0.25, -0.2) is 14.5 Å². The molecule has 24 heavy (non-hydrogen) atoms. The van der Waals surface area contributed by atoms with E-state index < -0.39 is 0 Å². The minimum atomic E-state index is -0.276. The van der Waals surface area contributed by atoms with Gasteiger partial charge in [0.1, 0.15) is 5.82 Å². The SMILES string of the molecule is NC(=O)[C@H]1CCN(c2ccc3ncc(-c4cccnc4O)n3n2)C1. The maximum absolute atomic E-state index is 11.4. The number of aromatic hydroxyl groups is 1. The van der Waals surface area contributed by atoms with Crippen molar-refractivity contribution in [3.63, 3.8) is 0 Å². The topological polar surface area (TPSA) is 110 Å². The van der Waals surface area contributed by atoms with Crippen molar-refractivity contribution in [3.05, 3.63) is 36.7 Å². The van der Waals surface area contributed by atoms with E-state index in [2.05, 4.69) is 15.1 Å². The number of rotatable bonds is 3. The first-order chi connectivity index (χ1) is 11.6. The average molecular weight is 324 g/mol. The lowest BCUT2D eigenvalue weighted by Gasteiger charge is -2.17. The van der Waals surface area contributed by atoms with Gasteiger partial charge in [0.05, 0.1) is 23.4 Å². The number of hydrogen-bond acceptors (Lipinski definition) is 6. The van der Waals surface area contributed by atoms with E-state index in [1.807, 2.05) is 17.0 Å². The smallest absolute Gasteiger partial charge is 0.222 e. The lowest BCUT2D eigenvalue weighted by molar-refractivity contribution is -0.121. The minimum absolute atomic E-state index is 0.0681. The molecule has 1 aliphatic rings. The van der Waals surface area contributed by atoms with E-state index in [0.717, 1.165) is 18.8 Å². The largest absolute Gasteiger partial charge is 0.493 e. The molecule has 1 aliphatic heterocycles. The van der Waals surface area contributed by atoms with Crippen LogP contribution in [0.3, 0.4) is 0 Å². The quantitative estimate of drug-likeness (QED) is 0.738. The third-order valence-corrected chi connectivity index (χ3v) is 4.33. The van der Waals surface area contributed by atoms with E-state index in [9.17, 15) is 9.90 Å². The van der Waals surface area contributed by atoms with Gasteiger partial charge in [-0.1, -0.05) is 0 Å². The van der Waals surface area contributed by atoms with Gasteiger partial charge >= 0.3 is 0 Å². The number of pyridine rings is 1. The van der Waals surface area contributed by atoms with Crippen molar-refractivity contribution in [2.24, 2.45) is 11.7 Å². The molecule has 0 saturated carbocycles. The molecule has 0 bridgehead atoms. The van der Waals surface area contributed by atoms with Gasteiger partial charge < -0.3 is 15.7 Å². The van der Waals surface area contributed by atoms with Gasteiger partial charge in [0.2, 0.25) is 11.8 Å². The van der Waals surface area contributed by atoms with E-state index in [-0.39, 0.29) is 17.7 Å². The second kappa shape index (κ2) is 5.48. The molecule has 3 N–H and O–H groups in total. The summed E-state index contributed by atoms with van der Waals surface area (Å²) in [5.41, 5.74) is 7.28. The van der Waals surface area contributed by atoms with Crippen LogP contribution < -0.4 is 10.6 Å². The molecular formula is C16H16N6O2. The summed E-state index contributed by atoms with van der Waals surface area (Å²) in [6, 6.07) is 7.24. The molecule has 3 aromatic heterocycles. The van der Waals surface area contributed by atoms with Crippen LogP contribution in [0.2, 0.25) is 0 Å². The number of anilines is 1. The number of carbonyl (C=O) groups is 1. The highest BCUT2D eigenvalue weighted by molar-refractivity contribution is 5.78. The van der Waals surface area contributed by atoms with Crippen molar-refractivity contribution in [2.45, 2.75) is 6.42 Å². The van der Waals surface area contributed by atoms with Crippen LogP contribution in [0, 0.1) is 5.92 Å². The zero-order valence-corrected chi connectivity index (χ0v) is 12.8. The molecule has 0 aromatic carbocycles. The normalized spacial score (nSPS) is 17.5. The van der Waals surface area contributed by atoms with Crippen LogP contribution in [0.5, 0.6) is 5.88 Å². The van der Waals surface area contributed by atoms with Gasteiger partial charge in [-0.3, -0.25) is 4.79 Å². The maximum atomic E-state index is 11.4. The summed E-state index contributed by atoms with van der Waals surface area (Å²) in [4.78, 5) is 21.6. The fourth-order valence-corrected chi connectivity index (χ4v) is 3.01. The van der Waals surface area contributed by atoms with Gasteiger partial charge in [-0.2, -0.15) is 0 Å². The zero-order chi connectivity index (χ0) is 16.7. The first-order valence-corrected chi connectivity index (χ1v) is 7.67. The Balaban J connectivity index is 1.75. The van der Waals surface area contributed by atoms with Gasteiger partial charge in [0.15, 0.2) is 5.65 Å². The lowest BCUT2D eigenvalue weighted by atomic mass is 10.1. The molecule has 1 saturated heterocycles. The monoisotopic (exact) mass is 324 g/mol. The molecule has 8 heteroatoms. The van der Waals surface area contributed by atoms with Crippen LogP contribution in [0.15, 0.2) is 36.7 Å². The standard InChI is InChI=1S/C16H16N6O2/c17-15(23)10-5-7-21(9-10)14-4-3-13-19-8-12(22(13)20-14)11-2-1-6-18-16(11)24/h1-4,6,8,10H,5,7,9H2,(H2,17,23)(H,18,24)/t10-/m0/s1. The molecule has 0 aliphatic carbocycles. The molecule has 3 aromatic rings. The van der Waals surface area contributed by atoms with Crippen molar-refractivity contribution in [3.8, 4) is 17.1 Å². The van der Waals surface area contributed by atoms with E-state index in [0.29, 0.717) is 23.4 Å². The summed E-state index contributed by atoms with van der Waals surface area (Å²) in [6.07, 6.45) is 3.91. The molecular weight excluding hydrogens is 308 g/mol. The van der Waals surface area contributed by atoms with Gasteiger partial charge in [0.25, 0.3) is 0 Å². The van der Waals surface area contributed by atoms with E-state index in [1.54, 1.807) is 22.8 Å². The highest BCUT2D eigenvalue weighted by atomic mass is 16.3. The molecule has 0 unspecified atom stereocenters. The number of nitrogens with zero attached hydrogens (tertiary/aromatic N) is 5. The maximum Gasteiger partial charge on any atom is 0.222 e. The Kier molecular flexibility index (Phi) is 3.30. The number of aromatic nitrogens is 4. The summed E-state index contributed by atoms with van der Waals surface area (Å²) in [5, 5.41) is 14.6. The van der Waals surface area contributed by atoms with Gasteiger partial charge in [-0.05, 0) is 30.7 Å². The molecule has 4 heterocycles. The van der Waals surface area contributed by atoms with Crippen LogP contribution >= 0.6 is 0 Å². The van der Waals surface area contributed by atoms with Crippen molar-refractivity contribution < 1.29 is 9.90 Å². The minimum Gasteiger partial charge on any atom is -0.493 e. The Morgan fingerprint density at radius 2 is 2.17 bits per heavy atom.